The number of likely N-dealkylation sites (N-methyl/N-ethyl adjacent to an activating group) is 1. The molecule has 0 aromatic rings. The number of piperidine rings is 1. The average Bonchev–Trinajstić information content (AvgIpc) is 2.25. The maximum absolute atomic E-state index is 3.49. The van der Waals surface area contributed by atoms with E-state index in [-0.39, 0.29) is 0 Å². The molecule has 1 saturated heterocycles. The number of rotatable bonds is 4. The smallest absolute Gasteiger partial charge is 0.0195 e. The van der Waals surface area contributed by atoms with Crippen LogP contribution in [0.1, 0.15) is 53.9 Å². The maximum Gasteiger partial charge on any atom is 0.0195 e. The van der Waals surface area contributed by atoms with Gasteiger partial charge in [0.05, 0.1) is 0 Å². The van der Waals surface area contributed by atoms with Crippen molar-refractivity contribution in [3.8, 4) is 0 Å². The van der Waals surface area contributed by atoms with E-state index in [1.165, 1.54) is 32.4 Å². The van der Waals surface area contributed by atoms with Gasteiger partial charge in [-0.2, -0.15) is 0 Å². The van der Waals surface area contributed by atoms with Gasteiger partial charge in [-0.05, 0) is 44.6 Å². The topological polar surface area (TPSA) is 15.3 Å². The third kappa shape index (κ3) is 4.97. The number of nitrogens with one attached hydrogen (secondary N) is 1. The monoisotopic (exact) mass is 240 g/mol. The number of likely N-dealkylation sites (tertiary alicyclic amines) is 1. The van der Waals surface area contributed by atoms with Crippen molar-refractivity contribution in [1.29, 1.82) is 0 Å². The van der Waals surface area contributed by atoms with Gasteiger partial charge in [-0.25, -0.2) is 0 Å². The van der Waals surface area contributed by atoms with E-state index in [1.807, 2.05) is 0 Å². The van der Waals surface area contributed by atoms with Crippen LogP contribution in [0.3, 0.4) is 0 Å². The van der Waals surface area contributed by atoms with Gasteiger partial charge in [0.1, 0.15) is 0 Å². The van der Waals surface area contributed by atoms with E-state index in [0.29, 0.717) is 11.5 Å². The number of nitrogens with zero attached hydrogens (tertiary/aromatic N) is 1. The molecule has 2 nitrogen and oxygen atoms in total. The molecule has 1 aliphatic heterocycles. The van der Waals surface area contributed by atoms with Gasteiger partial charge in [0.2, 0.25) is 0 Å². The van der Waals surface area contributed by atoms with E-state index in [4.69, 9.17) is 0 Å². The summed E-state index contributed by atoms with van der Waals surface area (Å²) in [6.07, 6.45) is 3.96. The molecule has 17 heavy (non-hydrogen) atoms. The van der Waals surface area contributed by atoms with Crippen molar-refractivity contribution < 1.29 is 0 Å². The Morgan fingerprint density at radius 2 is 1.94 bits per heavy atom. The van der Waals surface area contributed by atoms with Gasteiger partial charge >= 0.3 is 0 Å². The highest BCUT2D eigenvalue weighted by Crippen LogP contribution is 2.31. The first-order valence-corrected chi connectivity index (χ1v) is 7.27. The Kier molecular flexibility index (Phi) is 5.46. The minimum Gasteiger partial charge on any atom is -0.316 e. The molecule has 0 amide bonds. The van der Waals surface area contributed by atoms with Gasteiger partial charge in [0.25, 0.3) is 0 Å². The zero-order chi connectivity index (χ0) is 13.1. The van der Waals surface area contributed by atoms with Crippen molar-refractivity contribution in [2.45, 2.75) is 66.0 Å². The lowest BCUT2D eigenvalue weighted by atomic mass is 9.79. The van der Waals surface area contributed by atoms with Crippen LogP contribution >= 0.6 is 0 Å². The predicted octanol–water partition coefficient (Wildman–Crippen LogP) is 3.13. The highest BCUT2D eigenvalue weighted by atomic mass is 15.2. The van der Waals surface area contributed by atoms with E-state index in [9.17, 15) is 0 Å². The molecule has 3 atom stereocenters. The van der Waals surface area contributed by atoms with Crippen LogP contribution in [0.2, 0.25) is 0 Å². The number of hydrogen-bond acceptors (Lipinski definition) is 2. The van der Waals surface area contributed by atoms with Crippen LogP contribution in [0.5, 0.6) is 0 Å². The number of hydrogen-bond donors (Lipinski definition) is 1. The quantitative estimate of drug-likeness (QED) is 0.812. The first-order chi connectivity index (χ1) is 7.85. The molecule has 1 aliphatic rings. The highest BCUT2D eigenvalue weighted by molar-refractivity contribution is 4.86. The molecule has 1 N–H and O–H groups in total. The fourth-order valence-electron chi connectivity index (χ4n) is 3.08. The second kappa shape index (κ2) is 6.19. The second-order valence-corrected chi connectivity index (χ2v) is 7.06. The predicted molar refractivity (Wildman–Crippen MR) is 76.4 cm³/mol. The maximum atomic E-state index is 3.49. The van der Waals surface area contributed by atoms with Crippen molar-refractivity contribution in [2.24, 2.45) is 11.3 Å². The molecule has 0 saturated carbocycles. The fourth-order valence-corrected chi connectivity index (χ4v) is 3.08. The van der Waals surface area contributed by atoms with Crippen LogP contribution < -0.4 is 5.32 Å². The van der Waals surface area contributed by atoms with E-state index >= 15 is 0 Å². The Hall–Kier alpha value is -0.0800. The first kappa shape index (κ1) is 15.0. The minimum atomic E-state index is 0.460. The molecule has 0 aromatic heterocycles. The summed E-state index contributed by atoms with van der Waals surface area (Å²) < 4.78 is 0. The lowest BCUT2D eigenvalue weighted by Gasteiger charge is -2.42. The second-order valence-electron chi connectivity index (χ2n) is 7.06. The molecular formula is C15H32N2. The molecule has 0 radical (unpaired) electrons. The van der Waals surface area contributed by atoms with Crippen molar-refractivity contribution in [3.63, 3.8) is 0 Å². The summed E-state index contributed by atoms with van der Waals surface area (Å²) in [7, 11) is 2.11. The normalized spacial score (nSPS) is 29.3. The summed E-state index contributed by atoms with van der Waals surface area (Å²) in [4.78, 5) is 2.68. The molecule has 1 fully saturated rings. The largest absolute Gasteiger partial charge is 0.316 e. The van der Waals surface area contributed by atoms with E-state index in [0.717, 1.165) is 12.0 Å². The lowest BCUT2D eigenvalue weighted by Crippen LogP contribution is -2.51. The lowest BCUT2D eigenvalue weighted by molar-refractivity contribution is 0.0850. The molecule has 0 aliphatic carbocycles. The zero-order valence-corrected chi connectivity index (χ0v) is 12.7. The molecular weight excluding hydrogens is 208 g/mol. The Balaban J connectivity index is 2.60. The van der Waals surface area contributed by atoms with E-state index < -0.39 is 0 Å². The molecule has 0 spiro atoms. The summed E-state index contributed by atoms with van der Waals surface area (Å²) in [5.41, 5.74) is 0.460. The van der Waals surface area contributed by atoms with Gasteiger partial charge in [0, 0.05) is 25.2 Å². The van der Waals surface area contributed by atoms with Crippen molar-refractivity contribution in [1.82, 2.24) is 10.2 Å². The summed E-state index contributed by atoms with van der Waals surface area (Å²) in [6, 6.07) is 1.42. The Morgan fingerprint density at radius 1 is 1.29 bits per heavy atom. The average molecular weight is 240 g/mol. The summed E-state index contributed by atoms with van der Waals surface area (Å²) in [5, 5.41) is 3.49. The van der Waals surface area contributed by atoms with Crippen LogP contribution in [0.4, 0.5) is 0 Å². The van der Waals surface area contributed by atoms with E-state index in [2.05, 4.69) is 51.9 Å². The minimum absolute atomic E-state index is 0.460. The van der Waals surface area contributed by atoms with Crippen LogP contribution in [0.25, 0.3) is 0 Å². The van der Waals surface area contributed by atoms with Gasteiger partial charge in [-0.3, -0.25) is 4.90 Å². The summed E-state index contributed by atoms with van der Waals surface area (Å²) in [6.45, 7) is 14.3. The Labute approximate surface area is 108 Å². The van der Waals surface area contributed by atoms with Gasteiger partial charge in [-0.15, -0.1) is 0 Å². The molecule has 1 heterocycles. The molecule has 102 valence electrons. The first-order valence-electron chi connectivity index (χ1n) is 7.27. The molecule has 1 rings (SSSR count). The third-order valence-electron chi connectivity index (χ3n) is 4.09. The molecule has 2 heteroatoms. The van der Waals surface area contributed by atoms with Gasteiger partial charge in [-0.1, -0.05) is 27.7 Å². The van der Waals surface area contributed by atoms with Crippen molar-refractivity contribution >= 4 is 0 Å². The Bertz CT molecular complexity index is 219. The molecule has 0 aromatic carbocycles. The van der Waals surface area contributed by atoms with Crippen LogP contribution in [0.15, 0.2) is 0 Å². The fraction of sp³-hybridized carbons (Fsp3) is 1.00. The van der Waals surface area contributed by atoms with E-state index in [1.54, 1.807) is 0 Å². The summed E-state index contributed by atoms with van der Waals surface area (Å²) >= 11 is 0. The van der Waals surface area contributed by atoms with Crippen LogP contribution in [0, 0.1) is 11.3 Å². The summed E-state index contributed by atoms with van der Waals surface area (Å²) in [5.74, 6) is 0.857. The SMILES string of the molecule is CCC(C)N1CC(CC(C)(C)C)CC(NC)C1. The Morgan fingerprint density at radius 3 is 2.41 bits per heavy atom. The molecule has 3 unspecified atom stereocenters. The van der Waals surface area contributed by atoms with Crippen LogP contribution in [-0.4, -0.2) is 37.1 Å². The standard InChI is InChI=1S/C15H32N2/c1-7-12(2)17-10-13(9-15(3,4)5)8-14(11-17)16-6/h12-14,16H,7-11H2,1-6H3. The van der Waals surface area contributed by atoms with Crippen LogP contribution in [-0.2, 0) is 0 Å². The third-order valence-corrected chi connectivity index (χ3v) is 4.09. The van der Waals surface area contributed by atoms with Crippen molar-refractivity contribution in [3.05, 3.63) is 0 Å². The molecule has 0 bridgehead atoms. The van der Waals surface area contributed by atoms with Gasteiger partial charge < -0.3 is 5.32 Å². The zero-order valence-electron chi connectivity index (χ0n) is 12.7. The highest BCUT2D eigenvalue weighted by Gasteiger charge is 2.30. The van der Waals surface area contributed by atoms with Crippen molar-refractivity contribution in [2.75, 3.05) is 20.1 Å². The van der Waals surface area contributed by atoms with Gasteiger partial charge in [0.15, 0.2) is 0 Å².